The molecule has 0 bridgehead atoms. The number of thioether (sulfide) groups is 1. The number of aliphatic carboxylic acids is 1. The number of rotatable bonds is 6. The van der Waals surface area contributed by atoms with Gasteiger partial charge in [0.1, 0.15) is 5.82 Å². The fraction of sp³-hybridized carbons (Fsp3) is 0.278. The third-order valence-corrected chi connectivity index (χ3v) is 4.99. The van der Waals surface area contributed by atoms with Crippen LogP contribution in [-0.2, 0) is 11.2 Å². The zero-order valence-corrected chi connectivity index (χ0v) is 13.5. The Hall–Kier alpha value is -1.81. The van der Waals surface area contributed by atoms with Crippen LogP contribution in [0.3, 0.4) is 0 Å². The number of halogens is 1. The van der Waals surface area contributed by atoms with Crippen LogP contribution in [-0.4, -0.2) is 16.8 Å². The molecule has 1 unspecified atom stereocenters. The molecule has 0 heterocycles. The SMILES string of the molecule is Cc1ccc(SCC(C)(Cc2ccc(F)cc2)C(=O)O)cc1. The van der Waals surface area contributed by atoms with Gasteiger partial charge in [0.05, 0.1) is 5.41 Å². The van der Waals surface area contributed by atoms with Gasteiger partial charge in [-0.1, -0.05) is 29.8 Å². The van der Waals surface area contributed by atoms with Gasteiger partial charge >= 0.3 is 5.97 Å². The normalized spacial score (nSPS) is 13.6. The lowest BCUT2D eigenvalue weighted by molar-refractivity contribution is -0.146. The lowest BCUT2D eigenvalue weighted by atomic mass is 9.85. The number of hydrogen-bond donors (Lipinski definition) is 1. The van der Waals surface area contributed by atoms with Crippen molar-refractivity contribution in [1.29, 1.82) is 0 Å². The van der Waals surface area contributed by atoms with E-state index in [0.29, 0.717) is 12.2 Å². The molecule has 0 spiro atoms. The molecule has 1 N–H and O–H groups in total. The van der Waals surface area contributed by atoms with Crippen LogP contribution in [0, 0.1) is 18.2 Å². The topological polar surface area (TPSA) is 37.3 Å². The highest BCUT2D eigenvalue weighted by molar-refractivity contribution is 7.99. The first-order valence-corrected chi connectivity index (χ1v) is 8.05. The summed E-state index contributed by atoms with van der Waals surface area (Å²) in [6.45, 7) is 3.75. The van der Waals surface area contributed by atoms with Gasteiger partial charge in [0, 0.05) is 10.6 Å². The van der Waals surface area contributed by atoms with Gasteiger partial charge in [0.2, 0.25) is 0 Å². The monoisotopic (exact) mass is 318 g/mol. The van der Waals surface area contributed by atoms with Crippen molar-refractivity contribution in [2.75, 3.05) is 5.75 Å². The van der Waals surface area contributed by atoms with E-state index in [2.05, 4.69) is 0 Å². The summed E-state index contributed by atoms with van der Waals surface area (Å²) in [5, 5.41) is 9.58. The van der Waals surface area contributed by atoms with E-state index in [1.807, 2.05) is 31.2 Å². The van der Waals surface area contributed by atoms with Gasteiger partial charge < -0.3 is 5.11 Å². The summed E-state index contributed by atoms with van der Waals surface area (Å²) in [4.78, 5) is 12.7. The van der Waals surface area contributed by atoms with Crippen LogP contribution in [0.1, 0.15) is 18.1 Å². The van der Waals surface area contributed by atoms with Gasteiger partial charge in [0.25, 0.3) is 0 Å². The first-order valence-electron chi connectivity index (χ1n) is 7.06. The predicted molar refractivity (Wildman–Crippen MR) is 87.7 cm³/mol. The molecule has 2 aromatic carbocycles. The van der Waals surface area contributed by atoms with Crippen molar-refractivity contribution in [3.05, 3.63) is 65.5 Å². The molecule has 116 valence electrons. The quantitative estimate of drug-likeness (QED) is 0.793. The number of carbonyl (C=O) groups is 1. The van der Waals surface area contributed by atoms with E-state index in [9.17, 15) is 14.3 Å². The van der Waals surface area contributed by atoms with Crippen LogP contribution in [0.4, 0.5) is 4.39 Å². The summed E-state index contributed by atoms with van der Waals surface area (Å²) in [5.41, 5.74) is 1.11. The molecule has 4 heteroatoms. The number of benzene rings is 2. The molecule has 2 aromatic rings. The molecule has 0 saturated carbocycles. The lowest BCUT2D eigenvalue weighted by Gasteiger charge is -2.24. The van der Waals surface area contributed by atoms with Gasteiger partial charge in [-0.2, -0.15) is 0 Å². The summed E-state index contributed by atoms with van der Waals surface area (Å²) < 4.78 is 13.0. The lowest BCUT2D eigenvalue weighted by Crippen LogP contribution is -2.32. The van der Waals surface area contributed by atoms with Gasteiger partial charge in [-0.15, -0.1) is 11.8 Å². The highest BCUT2D eigenvalue weighted by Gasteiger charge is 2.33. The molecule has 0 radical (unpaired) electrons. The molecular formula is C18H19FO2S. The van der Waals surface area contributed by atoms with Gasteiger partial charge in [-0.05, 0) is 50.1 Å². The Balaban J connectivity index is 2.08. The van der Waals surface area contributed by atoms with E-state index >= 15 is 0 Å². The molecule has 2 rings (SSSR count). The maximum atomic E-state index is 13.0. The van der Waals surface area contributed by atoms with Crippen molar-refractivity contribution in [2.45, 2.75) is 25.2 Å². The minimum Gasteiger partial charge on any atom is -0.481 e. The van der Waals surface area contributed by atoms with Gasteiger partial charge in [-0.25, -0.2) is 4.39 Å². The van der Waals surface area contributed by atoms with Crippen LogP contribution >= 0.6 is 11.8 Å². The van der Waals surface area contributed by atoms with Crippen molar-refractivity contribution in [3.8, 4) is 0 Å². The average Bonchev–Trinajstić information content (AvgIpc) is 2.49. The zero-order chi connectivity index (χ0) is 16.2. The third kappa shape index (κ3) is 4.34. The van der Waals surface area contributed by atoms with E-state index in [1.165, 1.54) is 29.5 Å². The molecule has 22 heavy (non-hydrogen) atoms. The fourth-order valence-corrected chi connectivity index (χ4v) is 3.16. The Labute approximate surface area is 134 Å². The molecule has 0 fully saturated rings. The standard InChI is InChI=1S/C18H19FO2S/c1-13-3-9-16(10-4-13)22-12-18(2,17(20)21)11-14-5-7-15(19)8-6-14/h3-10H,11-12H2,1-2H3,(H,20,21). The first-order chi connectivity index (χ1) is 10.4. The minimum atomic E-state index is -0.895. The molecule has 0 aliphatic rings. The van der Waals surface area contributed by atoms with E-state index in [-0.39, 0.29) is 5.82 Å². The van der Waals surface area contributed by atoms with Gasteiger partial charge in [0.15, 0.2) is 0 Å². The number of carboxylic acids is 1. The molecule has 0 aliphatic carbocycles. The van der Waals surface area contributed by atoms with E-state index in [4.69, 9.17) is 0 Å². The molecular weight excluding hydrogens is 299 g/mol. The Bertz CT molecular complexity index is 637. The smallest absolute Gasteiger partial charge is 0.310 e. The summed E-state index contributed by atoms with van der Waals surface area (Å²) in [6, 6.07) is 14.1. The fourth-order valence-electron chi connectivity index (χ4n) is 2.12. The van der Waals surface area contributed by atoms with Crippen LogP contribution < -0.4 is 0 Å². The van der Waals surface area contributed by atoms with Crippen LogP contribution in [0.25, 0.3) is 0 Å². The van der Waals surface area contributed by atoms with Gasteiger partial charge in [-0.3, -0.25) is 4.79 Å². The Morgan fingerprint density at radius 2 is 1.73 bits per heavy atom. The second-order valence-electron chi connectivity index (χ2n) is 5.77. The average molecular weight is 318 g/mol. The Kier molecular flexibility index (Phi) is 5.24. The van der Waals surface area contributed by atoms with Crippen molar-refractivity contribution >= 4 is 17.7 Å². The van der Waals surface area contributed by atoms with Crippen molar-refractivity contribution in [1.82, 2.24) is 0 Å². The summed E-state index contributed by atoms with van der Waals surface area (Å²) in [6.07, 6.45) is 0.376. The largest absolute Gasteiger partial charge is 0.481 e. The Morgan fingerprint density at radius 3 is 2.27 bits per heavy atom. The van der Waals surface area contributed by atoms with E-state index in [0.717, 1.165) is 10.5 Å². The number of hydrogen-bond acceptors (Lipinski definition) is 2. The molecule has 0 aliphatic heterocycles. The van der Waals surface area contributed by atoms with Crippen molar-refractivity contribution < 1.29 is 14.3 Å². The summed E-state index contributed by atoms with van der Waals surface area (Å²) in [7, 11) is 0. The zero-order valence-electron chi connectivity index (χ0n) is 12.7. The summed E-state index contributed by atoms with van der Waals surface area (Å²) >= 11 is 1.53. The highest BCUT2D eigenvalue weighted by Crippen LogP contribution is 2.31. The van der Waals surface area contributed by atoms with Crippen molar-refractivity contribution in [3.63, 3.8) is 0 Å². The molecule has 0 amide bonds. The second kappa shape index (κ2) is 6.97. The maximum absolute atomic E-state index is 13.0. The minimum absolute atomic E-state index is 0.310. The molecule has 0 aromatic heterocycles. The van der Waals surface area contributed by atoms with Crippen LogP contribution in [0.15, 0.2) is 53.4 Å². The molecule has 2 nitrogen and oxygen atoms in total. The van der Waals surface area contributed by atoms with Crippen LogP contribution in [0.5, 0.6) is 0 Å². The van der Waals surface area contributed by atoms with E-state index < -0.39 is 11.4 Å². The maximum Gasteiger partial charge on any atom is 0.310 e. The highest BCUT2D eigenvalue weighted by atomic mass is 32.2. The number of carboxylic acid groups (broad SMARTS) is 1. The molecule has 1 atom stereocenters. The number of aryl methyl sites for hydroxylation is 1. The third-order valence-electron chi connectivity index (χ3n) is 3.60. The van der Waals surface area contributed by atoms with Crippen LogP contribution in [0.2, 0.25) is 0 Å². The predicted octanol–water partition coefficient (Wildman–Crippen LogP) is 4.56. The first kappa shape index (κ1) is 16.6. The Morgan fingerprint density at radius 1 is 1.14 bits per heavy atom. The summed E-state index contributed by atoms with van der Waals surface area (Å²) in [5.74, 6) is -0.686. The van der Waals surface area contributed by atoms with E-state index in [1.54, 1.807) is 19.1 Å². The second-order valence-corrected chi connectivity index (χ2v) is 6.82. The molecule has 0 saturated heterocycles. The van der Waals surface area contributed by atoms with Crippen molar-refractivity contribution in [2.24, 2.45) is 5.41 Å².